The molecule has 0 saturated heterocycles. The van der Waals surface area contributed by atoms with Crippen LogP contribution in [0.1, 0.15) is 6.42 Å². The lowest BCUT2D eigenvalue weighted by molar-refractivity contribution is -0.116. The lowest BCUT2D eigenvalue weighted by Crippen LogP contribution is -2.31. The normalized spacial score (nSPS) is 10.9. The number of alkyl halides is 2. The van der Waals surface area contributed by atoms with Crippen LogP contribution < -0.4 is 26.0 Å². The molecule has 0 aliphatic rings. The van der Waals surface area contributed by atoms with E-state index in [2.05, 4.69) is 15.0 Å². The van der Waals surface area contributed by atoms with Gasteiger partial charge < -0.3 is 14.8 Å². The fourth-order valence-corrected chi connectivity index (χ4v) is 2.84. The number of nitrogens with zero attached hydrogens (tertiary/aromatic N) is 1. The van der Waals surface area contributed by atoms with Crippen molar-refractivity contribution >= 4 is 22.5 Å². The van der Waals surface area contributed by atoms with Gasteiger partial charge in [-0.15, -0.1) is 0 Å². The molecule has 0 atom stereocenters. The minimum Gasteiger partial charge on any atom is -0.493 e. The van der Waals surface area contributed by atoms with Gasteiger partial charge in [-0.05, 0) is 24.3 Å². The Labute approximate surface area is 162 Å². The number of benzene rings is 2. The van der Waals surface area contributed by atoms with Crippen LogP contribution in [0.3, 0.4) is 0 Å². The molecule has 0 aliphatic heterocycles. The molecular weight excluding hydrogens is 388 g/mol. The number of methoxy groups -OCH3 is 1. The number of aromatic nitrogens is 2. The fourth-order valence-electron chi connectivity index (χ4n) is 2.84. The zero-order valence-corrected chi connectivity index (χ0v) is 15.3. The first-order valence-electron chi connectivity index (χ1n) is 8.53. The number of anilines is 1. The third-order valence-corrected chi connectivity index (χ3v) is 4.13. The maximum Gasteiger partial charge on any atom is 0.387 e. The third-order valence-electron chi connectivity index (χ3n) is 4.13. The van der Waals surface area contributed by atoms with E-state index in [4.69, 9.17) is 4.74 Å². The Hall–Kier alpha value is -3.69. The quantitative estimate of drug-likeness (QED) is 0.628. The highest BCUT2D eigenvalue weighted by Crippen LogP contribution is 2.31. The minimum absolute atomic E-state index is 0.0124. The number of H-pyrrole nitrogens is 1. The van der Waals surface area contributed by atoms with Gasteiger partial charge >= 0.3 is 12.3 Å². The molecule has 10 heteroatoms. The van der Waals surface area contributed by atoms with E-state index in [-0.39, 0.29) is 30.2 Å². The number of amides is 1. The molecule has 0 aliphatic carbocycles. The summed E-state index contributed by atoms with van der Waals surface area (Å²) in [7, 11) is 1.30. The van der Waals surface area contributed by atoms with Crippen molar-refractivity contribution in [3.8, 4) is 11.5 Å². The Morgan fingerprint density at radius 3 is 2.66 bits per heavy atom. The van der Waals surface area contributed by atoms with Gasteiger partial charge in [0.25, 0.3) is 5.56 Å². The van der Waals surface area contributed by atoms with E-state index in [1.54, 1.807) is 24.3 Å². The van der Waals surface area contributed by atoms with Gasteiger partial charge in [0.15, 0.2) is 11.5 Å². The Kier molecular flexibility index (Phi) is 5.91. The lowest BCUT2D eigenvalue weighted by Gasteiger charge is -2.13. The Balaban J connectivity index is 1.75. The van der Waals surface area contributed by atoms with Crippen molar-refractivity contribution in [2.75, 3.05) is 12.4 Å². The zero-order valence-electron chi connectivity index (χ0n) is 15.3. The summed E-state index contributed by atoms with van der Waals surface area (Å²) in [5.74, 6) is -0.585. The van der Waals surface area contributed by atoms with Crippen LogP contribution in [0.4, 0.5) is 14.5 Å². The van der Waals surface area contributed by atoms with Crippen LogP contribution in [0.2, 0.25) is 0 Å². The number of hydrogen-bond acceptors (Lipinski definition) is 5. The molecule has 2 N–H and O–H groups in total. The van der Waals surface area contributed by atoms with Gasteiger partial charge in [0.05, 0.1) is 18.0 Å². The third kappa shape index (κ3) is 4.60. The largest absolute Gasteiger partial charge is 0.493 e. The van der Waals surface area contributed by atoms with Crippen LogP contribution in [-0.4, -0.2) is 29.2 Å². The number of rotatable bonds is 7. The van der Waals surface area contributed by atoms with Gasteiger partial charge in [0.2, 0.25) is 5.91 Å². The maximum absolute atomic E-state index is 12.5. The summed E-state index contributed by atoms with van der Waals surface area (Å²) in [6, 6.07) is 10.6. The molecule has 3 rings (SSSR count). The molecule has 2 aromatic carbocycles. The van der Waals surface area contributed by atoms with Gasteiger partial charge in [-0.25, -0.2) is 4.79 Å². The number of carbonyl (C=O) groups is 1. The SMILES string of the molecule is COc1ccc(NC(=O)CCn2c(=O)[nH]c(=O)c3ccccc32)cc1OC(F)F. The number of carbonyl (C=O) groups excluding carboxylic acids is 1. The molecular formula is C19H17F2N3O5. The average molecular weight is 405 g/mol. The molecule has 152 valence electrons. The van der Waals surface area contributed by atoms with Crippen LogP contribution in [0.15, 0.2) is 52.1 Å². The summed E-state index contributed by atoms with van der Waals surface area (Å²) < 4.78 is 35.6. The predicted octanol–water partition coefficient (Wildman–Crippen LogP) is 2.33. The van der Waals surface area contributed by atoms with Crippen molar-refractivity contribution in [1.82, 2.24) is 9.55 Å². The molecule has 0 fully saturated rings. The average Bonchev–Trinajstić information content (AvgIpc) is 2.67. The summed E-state index contributed by atoms with van der Waals surface area (Å²) in [6.45, 7) is -3.03. The molecule has 0 radical (unpaired) electrons. The Bertz CT molecular complexity index is 1160. The first-order valence-corrected chi connectivity index (χ1v) is 8.53. The second-order valence-electron chi connectivity index (χ2n) is 5.97. The highest BCUT2D eigenvalue weighted by Gasteiger charge is 2.13. The van der Waals surface area contributed by atoms with E-state index in [9.17, 15) is 23.2 Å². The van der Waals surface area contributed by atoms with Gasteiger partial charge in [-0.2, -0.15) is 8.78 Å². The molecule has 8 nitrogen and oxygen atoms in total. The summed E-state index contributed by atoms with van der Waals surface area (Å²) in [6.07, 6.45) is -0.0903. The van der Waals surface area contributed by atoms with Crippen molar-refractivity contribution in [1.29, 1.82) is 0 Å². The molecule has 29 heavy (non-hydrogen) atoms. The van der Waals surface area contributed by atoms with Crippen LogP contribution in [0.5, 0.6) is 11.5 Å². The molecule has 0 unspecified atom stereocenters. The van der Waals surface area contributed by atoms with Crippen molar-refractivity contribution in [3.05, 3.63) is 63.3 Å². The van der Waals surface area contributed by atoms with Crippen molar-refractivity contribution < 1.29 is 23.0 Å². The van der Waals surface area contributed by atoms with Gasteiger partial charge in [0.1, 0.15) is 0 Å². The first-order chi connectivity index (χ1) is 13.9. The molecule has 3 aromatic rings. The van der Waals surface area contributed by atoms with Crippen LogP contribution in [-0.2, 0) is 11.3 Å². The molecule has 1 heterocycles. The highest BCUT2D eigenvalue weighted by molar-refractivity contribution is 5.91. The Morgan fingerprint density at radius 2 is 1.93 bits per heavy atom. The number of fused-ring (bicyclic) bond motifs is 1. The fraction of sp³-hybridized carbons (Fsp3) is 0.211. The number of halogens is 2. The van der Waals surface area contributed by atoms with E-state index >= 15 is 0 Å². The Morgan fingerprint density at radius 1 is 1.17 bits per heavy atom. The number of ether oxygens (including phenoxy) is 2. The van der Waals surface area contributed by atoms with E-state index < -0.39 is 23.8 Å². The lowest BCUT2D eigenvalue weighted by atomic mass is 10.2. The number of para-hydroxylation sites is 1. The van der Waals surface area contributed by atoms with Crippen molar-refractivity contribution in [2.45, 2.75) is 19.6 Å². The second-order valence-corrected chi connectivity index (χ2v) is 5.97. The number of hydrogen-bond donors (Lipinski definition) is 2. The predicted molar refractivity (Wildman–Crippen MR) is 102 cm³/mol. The smallest absolute Gasteiger partial charge is 0.387 e. The first kappa shape index (κ1) is 20.1. The van der Waals surface area contributed by atoms with Gasteiger partial charge in [0, 0.05) is 24.7 Å². The van der Waals surface area contributed by atoms with Gasteiger partial charge in [-0.3, -0.25) is 19.1 Å². The summed E-state index contributed by atoms with van der Waals surface area (Å²) in [5, 5.41) is 2.88. The van der Waals surface area contributed by atoms with E-state index in [1.165, 1.54) is 29.9 Å². The van der Waals surface area contributed by atoms with E-state index in [1.807, 2.05) is 0 Å². The van der Waals surface area contributed by atoms with Crippen molar-refractivity contribution in [3.63, 3.8) is 0 Å². The summed E-state index contributed by atoms with van der Waals surface area (Å²) in [5.41, 5.74) is -0.495. The molecule has 0 saturated carbocycles. The van der Waals surface area contributed by atoms with Crippen LogP contribution >= 0.6 is 0 Å². The molecule has 0 spiro atoms. The zero-order chi connectivity index (χ0) is 21.0. The molecule has 1 amide bonds. The maximum atomic E-state index is 12.5. The highest BCUT2D eigenvalue weighted by atomic mass is 19.3. The topological polar surface area (TPSA) is 102 Å². The van der Waals surface area contributed by atoms with Crippen molar-refractivity contribution in [2.24, 2.45) is 0 Å². The summed E-state index contributed by atoms with van der Waals surface area (Å²) >= 11 is 0. The van der Waals surface area contributed by atoms with Crippen LogP contribution in [0.25, 0.3) is 10.9 Å². The van der Waals surface area contributed by atoms with Crippen LogP contribution in [0, 0.1) is 0 Å². The van der Waals surface area contributed by atoms with E-state index in [0.29, 0.717) is 10.9 Å². The standard InChI is InChI=1S/C19H17F2N3O5/c1-28-14-7-6-11(10-15(14)29-18(20)21)22-16(25)8-9-24-13-5-3-2-4-12(13)17(26)23-19(24)27/h2-7,10,18H,8-9H2,1H3,(H,22,25)(H,23,26,27). The number of nitrogens with one attached hydrogen (secondary N) is 2. The molecule has 1 aromatic heterocycles. The van der Waals surface area contributed by atoms with E-state index in [0.717, 1.165) is 0 Å². The van der Waals surface area contributed by atoms with Gasteiger partial charge in [-0.1, -0.05) is 12.1 Å². The molecule has 0 bridgehead atoms. The minimum atomic E-state index is -3.05. The second kappa shape index (κ2) is 8.55. The summed E-state index contributed by atoms with van der Waals surface area (Å²) in [4.78, 5) is 38.5. The number of aryl methyl sites for hydroxylation is 1. The monoisotopic (exact) mass is 405 g/mol. The number of aromatic amines is 1.